The number of benzene rings is 2. The van der Waals surface area contributed by atoms with Crippen LogP contribution in [-0.4, -0.2) is 27.0 Å². The molecule has 1 aliphatic rings. The van der Waals surface area contributed by atoms with Crippen LogP contribution >= 0.6 is 0 Å². The topological polar surface area (TPSA) is 75.0 Å². The van der Waals surface area contributed by atoms with Crippen LogP contribution in [0.4, 0.5) is 0 Å². The van der Waals surface area contributed by atoms with E-state index in [2.05, 4.69) is 16.3 Å². The zero-order chi connectivity index (χ0) is 15.8. The molecule has 0 radical (unpaired) electrons. The molecule has 5 nitrogen and oxygen atoms in total. The Balaban J connectivity index is 1.75. The van der Waals surface area contributed by atoms with Crippen LogP contribution in [0.25, 0.3) is 10.9 Å². The fourth-order valence-corrected chi connectivity index (χ4v) is 3.26. The van der Waals surface area contributed by atoms with E-state index in [1.807, 2.05) is 47.5 Å². The monoisotopic (exact) mass is 306 g/mol. The molecule has 0 saturated heterocycles. The fourth-order valence-electron chi connectivity index (χ4n) is 3.26. The van der Waals surface area contributed by atoms with Gasteiger partial charge in [-0.1, -0.05) is 36.4 Å². The minimum Gasteiger partial charge on any atom is -0.333 e. The number of aromatic amines is 1. The number of carbonyl (C=O) groups is 1. The lowest BCUT2D eigenvalue weighted by Crippen LogP contribution is -2.42. The third-order valence-corrected chi connectivity index (χ3v) is 4.47. The van der Waals surface area contributed by atoms with Crippen molar-refractivity contribution < 1.29 is 4.79 Å². The van der Waals surface area contributed by atoms with Crippen molar-refractivity contribution in [2.45, 2.75) is 25.6 Å². The van der Waals surface area contributed by atoms with E-state index in [0.717, 1.165) is 27.6 Å². The molecule has 0 bridgehead atoms. The first kappa shape index (κ1) is 14.0. The number of hydrogen-bond donors (Lipinski definition) is 2. The number of fused-ring (bicyclic) bond motifs is 3. The summed E-state index contributed by atoms with van der Waals surface area (Å²) in [7, 11) is 0. The number of H-pyrrole nitrogens is 1. The van der Waals surface area contributed by atoms with Crippen LogP contribution in [0, 0.1) is 0 Å². The van der Waals surface area contributed by atoms with Crippen molar-refractivity contribution >= 4 is 16.8 Å². The normalized spacial score (nSPS) is 18.0. The molecule has 1 aromatic heterocycles. The van der Waals surface area contributed by atoms with E-state index in [1.54, 1.807) is 0 Å². The van der Waals surface area contributed by atoms with Gasteiger partial charge >= 0.3 is 0 Å². The highest BCUT2D eigenvalue weighted by Gasteiger charge is 2.28. The predicted octanol–water partition coefficient (Wildman–Crippen LogP) is 1.98. The number of nitrogens with zero attached hydrogens (tertiary/aromatic N) is 2. The van der Waals surface area contributed by atoms with Crippen molar-refractivity contribution in [2.75, 3.05) is 0 Å². The van der Waals surface area contributed by atoms with Gasteiger partial charge in [-0.15, -0.1) is 0 Å². The molecule has 4 rings (SSSR count). The molecule has 0 saturated carbocycles. The van der Waals surface area contributed by atoms with Gasteiger partial charge in [0.15, 0.2) is 0 Å². The molecule has 5 heteroatoms. The summed E-state index contributed by atoms with van der Waals surface area (Å²) in [5.74, 6) is 0.00157. The maximum absolute atomic E-state index is 12.7. The molecule has 1 amide bonds. The average molecular weight is 306 g/mol. The summed E-state index contributed by atoms with van der Waals surface area (Å²) < 4.78 is 0. The summed E-state index contributed by atoms with van der Waals surface area (Å²) in [5.41, 5.74) is 10.5. The summed E-state index contributed by atoms with van der Waals surface area (Å²) in [6, 6.07) is 13.6. The van der Waals surface area contributed by atoms with Crippen LogP contribution in [0.3, 0.4) is 0 Å². The summed E-state index contributed by atoms with van der Waals surface area (Å²) in [4.78, 5) is 14.5. The van der Waals surface area contributed by atoms with Crippen molar-refractivity contribution in [1.82, 2.24) is 15.1 Å². The smallest absolute Gasteiger partial charge is 0.240 e. The lowest BCUT2D eigenvalue weighted by Gasteiger charge is -2.23. The maximum Gasteiger partial charge on any atom is 0.240 e. The van der Waals surface area contributed by atoms with E-state index in [9.17, 15) is 4.79 Å². The Bertz CT molecular complexity index is 856. The van der Waals surface area contributed by atoms with Gasteiger partial charge < -0.3 is 10.6 Å². The van der Waals surface area contributed by atoms with E-state index in [1.165, 1.54) is 0 Å². The van der Waals surface area contributed by atoms with Crippen molar-refractivity contribution in [1.29, 1.82) is 0 Å². The van der Waals surface area contributed by atoms with Crippen molar-refractivity contribution in [3.63, 3.8) is 0 Å². The molecule has 23 heavy (non-hydrogen) atoms. The molecule has 116 valence electrons. The van der Waals surface area contributed by atoms with Gasteiger partial charge in [0.2, 0.25) is 5.91 Å². The Hall–Kier alpha value is -2.66. The Morgan fingerprint density at radius 1 is 1.22 bits per heavy atom. The third kappa shape index (κ3) is 2.49. The van der Waals surface area contributed by atoms with Crippen molar-refractivity contribution in [2.24, 2.45) is 5.73 Å². The first-order chi connectivity index (χ1) is 11.2. The summed E-state index contributed by atoms with van der Waals surface area (Å²) in [6.07, 6.45) is 2.40. The molecule has 1 atom stereocenters. The Morgan fingerprint density at radius 2 is 2.04 bits per heavy atom. The molecule has 0 aliphatic carbocycles. The molecule has 2 aromatic carbocycles. The highest BCUT2D eigenvalue weighted by molar-refractivity contribution is 5.87. The SMILES string of the molecule is N[C@@H]1Cc2ccc3[nH]ncc3c2CN(Cc2ccccc2)C1=O. The largest absolute Gasteiger partial charge is 0.333 e. The van der Waals surface area contributed by atoms with Crippen LogP contribution in [0.1, 0.15) is 16.7 Å². The molecule has 3 N–H and O–H groups in total. The van der Waals surface area contributed by atoms with Crippen LogP contribution in [-0.2, 0) is 24.3 Å². The van der Waals surface area contributed by atoms with Crippen LogP contribution in [0.15, 0.2) is 48.7 Å². The Morgan fingerprint density at radius 3 is 2.87 bits per heavy atom. The molecule has 2 heterocycles. The first-order valence-electron chi connectivity index (χ1n) is 7.74. The van der Waals surface area contributed by atoms with E-state index >= 15 is 0 Å². The number of aromatic nitrogens is 2. The van der Waals surface area contributed by atoms with Gasteiger partial charge in [0.1, 0.15) is 0 Å². The molecule has 3 aromatic rings. The van der Waals surface area contributed by atoms with Crippen LogP contribution in [0.2, 0.25) is 0 Å². The van der Waals surface area contributed by atoms with Gasteiger partial charge in [-0.3, -0.25) is 9.89 Å². The van der Waals surface area contributed by atoms with E-state index < -0.39 is 6.04 Å². The van der Waals surface area contributed by atoms with Crippen molar-refractivity contribution in [3.05, 3.63) is 65.4 Å². The van der Waals surface area contributed by atoms with Gasteiger partial charge in [0.25, 0.3) is 0 Å². The highest BCUT2D eigenvalue weighted by Crippen LogP contribution is 2.27. The number of amides is 1. The Kier molecular flexibility index (Phi) is 3.35. The minimum absolute atomic E-state index is 0.00157. The van der Waals surface area contributed by atoms with Crippen molar-refractivity contribution in [3.8, 4) is 0 Å². The second kappa shape index (κ2) is 5.52. The van der Waals surface area contributed by atoms with E-state index in [0.29, 0.717) is 19.5 Å². The van der Waals surface area contributed by atoms with Gasteiger partial charge in [0, 0.05) is 18.5 Å². The lowest BCUT2D eigenvalue weighted by molar-refractivity contribution is -0.133. The summed E-state index contributed by atoms with van der Waals surface area (Å²) in [6.45, 7) is 1.13. The third-order valence-electron chi connectivity index (χ3n) is 4.47. The first-order valence-corrected chi connectivity index (χ1v) is 7.74. The van der Waals surface area contributed by atoms with Gasteiger partial charge in [-0.2, -0.15) is 5.10 Å². The molecular formula is C18H18N4O. The number of nitrogens with two attached hydrogens (primary N) is 1. The van der Waals surface area contributed by atoms with Crippen LogP contribution in [0.5, 0.6) is 0 Å². The zero-order valence-corrected chi connectivity index (χ0v) is 12.7. The number of carbonyl (C=O) groups excluding carboxylic acids is 1. The molecule has 0 spiro atoms. The number of nitrogens with one attached hydrogen (secondary N) is 1. The van der Waals surface area contributed by atoms with Gasteiger partial charge in [-0.05, 0) is 29.2 Å². The fraction of sp³-hybridized carbons (Fsp3) is 0.222. The predicted molar refractivity (Wildman–Crippen MR) is 88.5 cm³/mol. The second-order valence-electron chi connectivity index (χ2n) is 6.02. The second-order valence-corrected chi connectivity index (χ2v) is 6.02. The molecule has 0 fully saturated rings. The molecule has 1 aliphatic heterocycles. The quantitative estimate of drug-likeness (QED) is 0.760. The van der Waals surface area contributed by atoms with E-state index in [4.69, 9.17) is 5.73 Å². The molecular weight excluding hydrogens is 288 g/mol. The number of rotatable bonds is 2. The summed E-state index contributed by atoms with van der Waals surface area (Å²) >= 11 is 0. The van der Waals surface area contributed by atoms with E-state index in [-0.39, 0.29) is 5.91 Å². The van der Waals surface area contributed by atoms with Gasteiger partial charge in [-0.25, -0.2) is 0 Å². The zero-order valence-electron chi connectivity index (χ0n) is 12.7. The Labute approximate surface area is 134 Å². The standard InChI is InChI=1S/C18H18N4O/c19-16-8-13-6-7-17-14(9-20-21-17)15(13)11-22(18(16)23)10-12-4-2-1-3-5-12/h1-7,9,16H,8,10-11,19H2,(H,20,21)/t16-/m1/s1. The summed E-state index contributed by atoms with van der Waals surface area (Å²) in [5, 5.41) is 8.19. The molecule has 0 unspecified atom stereocenters. The number of hydrogen-bond acceptors (Lipinski definition) is 3. The van der Waals surface area contributed by atoms with Crippen LogP contribution < -0.4 is 5.73 Å². The maximum atomic E-state index is 12.7. The average Bonchev–Trinajstić information content (AvgIpc) is 3.01. The minimum atomic E-state index is -0.496. The van der Waals surface area contributed by atoms with Gasteiger partial charge in [0.05, 0.1) is 17.8 Å². The lowest BCUT2D eigenvalue weighted by atomic mass is 9.99. The highest BCUT2D eigenvalue weighted by atomic mass is 16.2.